The van der Waals surface area contributed by atoms with E-state index >= 15 is 0 Å². The second-order valence-corrected chi connectivity index (χ2v) is 4.20. The fraction of sp³-hybridized carbons (Fsp3) is 0.273. The second-order valence-electron chi connectivity index (χ2n) is 3.07. The van der Waals surface area contributed by atoms with Crippen LogP contribution in [0.3, 0.4) is 0 Å². The Labute approximate surface area is 92.8 Å². The summed E-state index contributed by atoms with van der Waals surface area (Å²) >= 11 is 1.08. The zero-order valence-electron chi connectivity index (χ0n) is 8.65. The molecule has 4 heteroatoms. The minimum Gasteiger partial charge on any atom is -0.457 e. The van der Waals surface area contributed by atoms with Crippen LogP contribution in [0.5, 0.6) is 0 Å². The normalized spacial score (nSPS) is 9.73. The molecule has 0 aliphatic rings. The van der Waals surface area contributed by atoms with Crippen molar-refractivity contribution in [1.29, 1.82) is 0 Å². The number of aryl methyl sites for hydroxylation is 1. The molecule has 0 N–H and O–H groups in total. The highest BCUT2D eigenvalue weighted by Crippen LogP contribution is 2.18. The molecule has 0 radical (unpaired) electrons. The number of rotatable bonds is 3. The fourth-order valence-corrected chi connectivity index (χ4v) is 1.58. The summed E-state index contributed by atoms with van der Waals surface area (Å²) in [7, 11) is 0. The number of benzene rings is 1. The average molecular weight is 224 g/mol. The molecule has 15 heavy (non-hydrogen) atoms. The van der Waals surface area contributed by atoms with Gasteiger partial charge in [0.2, 0.25) is 5.12 Å². The standard InChI is InChI=1S/C11H12O3S/c1-8-3-5-10(6-4-8)15-11(13)7-14-9(2)12/h3-6H,7H2,1-2H3. The minimum atomic E-state index is -0.437. The molecular weight excluding hydrogens is 212 g/mol. The molecule has 0 aliphatic carbocycles. The number of ether oxygens (including phenoxy) is 1. The SMILES string of the molecule is CC(=O)OCC(=O)Sc1ccc(C)cc1. The van der Waals surface area contributed by atoms with Crippen LogP contribution < -0.4 is 0 Å². The Bertz CT molecular complexity index is 357. The minimum absolute atomic E-state index is 0.172. The van der Waals surface area contributed by atoms with E-state index in [9.17, 15) is 9.59 Å². The van der Waals surface area contributed by atoms with Crippen LogP contribution in [0.4, 0.5) is 0 Å². The monoisotopic (exact) mass is 224 g/mol. The van der Waals surface area contributed by atoms with Crippen molar-refractivity contribution < 1.29 is 14.3 Å². The van der Waals surface area contributed by atoms with E-state index in [4.69, 9.17) is 0 Å². The topological polar surface area (TPSA) is 43.4 Å². The predicted molar refractivity (Wildman–Crippen MR) is 58.7 cm³/mol. The van der Waals surface area contributed by atoms with Gasteiger partial charge in [0.25, 0.3) is 0 Å². The molecule has 1 aromatic rings. The number of esters is 1. The lowest BCUT2D eigenvalue weighted by Crippen LogP contribution is -2.07. The molecule has 1 rings (SSSR count). The highest BCUT2D eigenvalue weighted by Gasteiger charge is 2.06. The van der Waals surface area contributed by atoms with E-state index in [2.05, 4.69) is 4.74 Å². The quantitative estimate of drug-likeness (QED) is 0.583. The molecule has 0 aromatic heterocycles. The van der Waals surface area contributed by atoms with Gasteiger partial charge in [0.05, 0.1) is 0 Å². The molecular formula is C11H12O3S. The summed E-state index contributed by atoms with van der Waals surface area (Å²) in [4.78, 5) is 22.6. The third-order valence-corrected chi connectivity index (χ3v) is 2.50. The summed E-state index contributed by atoms with van der Waals surface area (Å²) in [6.07, 6.45) is 0. The average Bonchev–Trinajstić information content (AvgIpc) is 2.19. The maximum absolute atomic E-state index is 11.3. The summed E-state index contributed by atoms with van der Waals surface area (Å²) < 4.78 is 4.59. The first-order valence-electron chi connectivity index (χ1n) is 4.48. The lowest BCUT2D eigenvalue weighted by atomic mass is 10.2. The van der Waals surface area contributed by atoms with E-state index < -0.39 is 5.97 Å². The summed E-state index contributed by atoms with van der Waals surface area (Å²) in [5, 5.41) is -0.172. The maximum atomic E-state index is 11.3. The Morgan fingerprint density at radius 1 is 1.27 bits per heavy atom. The maximum Gasteiger partial charge on any atom is 0.303 e. The van der Waals surface area contributed by atoms with Crippen LogP contribution in [-0.4, -0.2) is 17.7 Å². The third kappa shape index (κ3) is 4.65. The molecule has 1 aromatic carbocycles. The molecule has 0 saturated heterocycles. The Morgan fingerprint density at radius 2 is 1.87 bits per heavy atom. The van der Waals surface area contributed by atoms with Gasteiger partial charge >= 0.3 is 5.97 Å². The summed E-state index contributed by atoms with van der Waals surface area (Å²) in [5.41, 5.74) is 1.15. The van der Waals surface area contributed by atoms with Gasteiger partial charge in [-0.2, -0.15) is 0 Å². The molecule has 0 amide bonds. The molecule has 0 bridgehead atoms. The number of hydrogen-bond donors (Lipinski definition) is 0. The van der Waals surface area contributed by atoms with Gasteiger partial charge in [-0.15, -0.1) is 0 Å². The van der Waals surface area contributed by atoms with Crippen molar-refractivity contribution in [1.82, 2.24) is 0 Å². The van der Waals surface area contributed by atoms with Gasteiger partial charge in [0.1, 0.15) is 0 Å². The number of thioether (sulfide) groups is 1. The van der Waals surface area contributed by atoms with E-state index in [1.54, 1.807) is 0 Å². The van der Waals surface area contributed by atoms with Gasteiger partial charge in [-0.1, -0.05) is 17.7 Å². The van der Waals surface area contributed by atoms with Crippen LogP contribution >= 0.6 is 11.8 Å². The van der Waals surface area contributed by atoms with Crippen LogP contribution in [0.25, 0.3) is 0 Å². The van der Waals surface area contributed by atoms with Crippen molar-refractivity contribution in [3.8, 4) is 0 Å². The smallest absolute Gasteiger partial charge is 0.303 e. The molecule has 0 atom stereocenters. The molecule has 0 fully saturated rings. The van der Waals surface area contributed by atoms with Crippen LogP contribution in [0.15, 0.2) is 29.2 Å². The van der Waals surface area contributed by atoms with Crippen LogP contribution in [-0.2, 0) is 14.3 Å². The van der Waals surface area contributed by atoms with Crippen molar-refractivity contribution in [3.05, 3.63) is 29.8 Å². The van der Waals surface area contributed by atoms with Gasteiger partial charge in [0, 0.05) is 11.8 Å². The van der Waals surface area contributed by atoms with E-state index in [-0.39, 0.29) is 11.7 Å². The Balaban J connectivity index is 2.44. The zero-order chi connectivity index (χ0) is 11.3. The Hall–Kier alpha value is -1.29. The van der Waals surface area contributed by atoms with Gasteiger partial charge in [-0.05, 0) is 30.8 Å². The first-order valence-corrected chi connectivity index (χ1v) is 5.30. The third-order valence-electron chi connectivity index (χ3n) is 1.65. The number of hydrogen-bond acceptors (Lipinski definition) is 4. The van der Waals surface area contributed by atoms with Crippen molar-refractivity contribution in [2.45, 2.75) is 18.7 Å². The Kier molecular flexibility index (Phi) is 4.37. The van der Waals surface area contributed by atoms with E-state index in [0.717, 1.165) is 22.2 Å². The van der Waals surface area contributed by atoms with Crippen LogP contribution in [0.1, 0.15) is 12.5 Å². The van der Waals surface area contributed by atoms with Crippen LogP contribution in [0, 0.1) is 6.92 Å². The fourth-order valence-electron chi connectivity index (χ4n) is 0.928. The van der Waals surface area contributed by atoms with Gasteiger partial charge < -0.3 is 4.74 Å². The van der Waals surface area contributed by atoms with Gasteiger partial charge in [0.15, 0.2) is 6.61 Å². The van der Waals surface area contributed by atoms with Crippen molar-refractivity contribution in [3.63, 3.8) is 0 Å². The summed E-state index contributed by atoms with van der Waals surface area (Å²) in [6, 6.07) is 7.60. The number of carbonyl (C=O) groups excluding carboxylic acids is 2. The molecule has 0 saturated carbocycles. The Morgan fingerprint density at radius 3 is 2.40 bits per heavy atom. The van der Waals surface area contributed by atoms with Crippen LogP contribution in [0.2, 0.25) is 0 Å². The lowest BCUT2D eigenvalue weighted by molar-refractivity contribution is -0.143. The predicted octanol–water partition coefficient (Wildman–Crippen LogP) is 2.18. The molecule has 0 heterocycles. The van der Waals surface area contributed by atoms with Crippen molar-refractivity contribution in [2.75, 3.05) is 6.61 Å². The second kappa shape index (κ2) is 5.56. The van der Waals surface area contributed by atoms with E-state index in [1.807, 2.05) is 31.2 Å². The molecule has 3 nitrogen and oxygen atoms in total. The molecule has 0 unspecified atom stereocenters. The van der Waals surface area contributed by atoms with Gasteiger partial charge in [-0.25, -0.2) is 0 Å². The van der Waals surface area contributed by atoms with E-state index in [0.29, 0.717) is 0 Å². The first kappa shape index (κ1) is 11.8. The molecule has 80 valence electrons. The molecule has 0 aliphatic heterocycles. The largest absolute Gasteiger partial charge is 0.457 e. The van der Waals surface area contributed by atoms with Gasteiger partial charge in [-0.3, -0.25) is 9.59 Å². The van der Waals surface area contributed by atoms with Crippen molar-refractivity contribution in [2.24, 2.45) is 0 Å². The summed E-state index contributed by atoms with van der Waals surface area (Å²) in [6.45, 7) is 3.09. The molecule has 0 spiro atoms. The van der Waals surface area contributed by atoms with Crippen molar-refractivity contribution >= 4 is 22.8 Å². The highest BCUT2D eigenvalue weighted by molar-refractivity contribution is 8.13. The number of carbonyl (C=O) groups is 2. The van der Waals surface area contributed by atoms with E-state index in [1.165, 1.54) is 6.92 Å². The zero-order valence-corrected chi connectivity index (χ0v) is 9.47. The lowest BCUT2D eigenvalue weighted by Gasteiger charge is -2.01. The highest BCUT2D eigenvalue weighted by atomic mass is 32.2. The first-order chi connectivity index (χ1) is 7.08. The summed E-state index contributed by atoms with van der Waals surface area (Å²) in [5.74, 6) is -0.437.